The van der Waals surface area contributed by atoms with Crippen LogP contribution in [0.1, 0.15) is 86.5 Å². The highest BCUT2D eigenvalue weighted by Gasteiger charge is 2.35. The first-order valence-corrected chi connectivity index (χ1v) is 12.2. The van der Waals surface area contributed by atoms with E-state index in [1.54, 1.807) is 19.1 Å². The number of hydrogen-bond acceptors (Lipinski definition) is 0. The van der Waals surface area contributed by atoms with Crippen LogP contribution in [0.15, 0.2) is 48.6 Å². The molecule has 0 heterocycles. The van der Waals surface area contributed by atoms with Gasteiger partial charge in [0.15, 0.2) is 11.6 Å². The summed E-state index contributed by atoms with van der Waals surface area (Å²) >= 11 is 0. The van der Waals surface area contributed by atoms with Crippen molar-refractivity contribution < 1.29 is 8.78 Å². The van der Waals surface area contributed by atoms with Gasteiger partial charge in [0.2, 0.25) is 0 Å². The third kappa shape index (κ3) is 5.32. The third-order valence-electron chi connectivity index (χ3n) is 7.70. The average Bonchev–Trinajstić information content (AvgIpc) is 2.82. The van der Waals surface area contributed by atoms with E-state index in [-0.39, 0.29) is 5.56 Å². The molecule has 0 saturated heterocycles. The zero-order valence-electron chi connectivity index (χ0n) is 19.3. The quantitative estimate of drug-likeness (QED) is 0.336. The number of benzene rings is 2. The van der Waals surface area contributed by atoms with E-state index in [9.17, 15) is 8.78 Å². The molecule has 2 heteroatoms. The van der Waals surface area contributed by atoms with Crippen LogP contribution in [0.3, 0.4) is 0 Å². The molecule has 2 aliphatic carbocycles. The van der Waals surface area contributed by atoms with Crippen LogP contribution >= 0.6 is 0 Å². The average molecular weight is 433 g/mol. The summed E-state index contributed by atoms with van der Waals surface area (Å²) in [6, 6.07) is 11.5. The summed E-state index contributed by atoms with van der Waals surface area (Å²) in [6.07, 6.45) is 15.3. The molecule has 0 aromatic heterocycles. The first kappa shape index (κ1) is 22.8. The van der Waals surface area contributed by atoms with Crippen molar-refractivity contribution in [2.75, 3.05) is 0 Å². The molecule has 0 N–H and O–H groups in total. The summed E-state index contributed by atoms with van der Waals surface area (Å²) in [6.45, 7) is 3.67. The van der Waals surface area contributed by atoms with Gasteiger partial charge in [0.1, 0.15) is 0 Å². The van der Waals surface area contributed by atoms with Crippen molar-refractivity contribution in [2.45, 2.75) is 71.1 Å². The van der Waals surface area contributed by atoms with Crippen LogP contribution in [-0.2, 0) is 0 Å². The molecular weight excluding hydrogens is 398 g/mol. The molecule has 2 fully saturated rings. The van der Waals surface area contributed by atoms with Crippen LogP contribution in [0, 0.1) is 48.2 Å². The first-order chi connectivity index (χ1) is 15.5. The van der Waals surface area contributed by atoms with Crippen LogP contribution in [-0.4, -0.2) is 0 Å². The molecule has 2 saturated carbocycles. The summed E-state index contributed by atoms with van der Waals surface area (Å²) in [5, 5.41) is 0. The Morgan fingerprint density at radius 3 is 2.41 bits per heavy atom. The fourth-order valence-electron chi connectivity index (χ4n) is 5.77. The van der Waals surface area contributed by atoms with Crippen LogP contribution in [0.25, 0.3) is 0 Å². The summed E-state index contributed by atoms with van der Waals surface area (Å²) in [7, 11) is 0. The molecule has 2 aromatic rings. The number of rotatable bonds is 4. The minimum absolute atomic E-state index is 0.108. The SMILES string of the molecule is C/C=C/CCC1CCC2CC(c3ccc(C#Cc4ccc(C)c(F)c4F)cc3)CCC2C1. The molecular formula is C30H34F2. The lowest BCUT2D eigenvalue weighted by molar-refractivity contribution is 0.115. The smallest absolute Gasteiger partial charge is 0.174 e. The number of aryl methyl sites for hydroxylation is 1. The maximum atomic E-state index is 14.0. The monoisotopic (exact) mass is 432 g/mol. The Morgan fingerprint density at radius 2 is 1.62 bits per heavy atom. The van der Waals surface area contributed by atoms with E-state index >= 15 is 0 Å². The Hall–Kier alpha value is -2.40. The molecule has 2 aliphatic rings. The van der Waals surface area contributed by atoms with Gasteiger partial charge in [0.05, 0.1) is 5.56 Å². The molecule has 4 unspecified atom stereocenters. The van der Waals surface area contributed by atoms with Gasteiger partial charge in [-0.15, -0.1) is 0 Å². The maximum Gasteiger partial charge on any atom is 0.174 e. The van der Waals surface area contributed by atoms with Crippen molar-refractivity contribution in [3.63, 3.8) is 0 Å². The minimum Gasteiger partial charge on any atom is -0.203 e. The Morgan fingerprint density at radius 1 is 0.875 bits per heavy atom. The van der Waals surface area contributed by atoms with Crippen LogP contribution < -0.4 is 0 Å². The molecule has 32 heavy (non-hydrogen) atoms. The van der Waals surface area contributed by atoms with E-state index in [1.165, 1.54) is 56.9 Å². The lowest BCUT2D eigenvalue weighted by Crippen LogP contribution is -2.30. The lowest BCUT2D eigenvalue weighted by Gasteiger charge is -2.42. The standard InChI is InChI=1S/C30H34F2/c1-3-4-5-6-23-11-16-28-20-27(18-17-26(28)19-23)24-13-8-22(9-14-24)10-15-25-12-7-21(2)29(31)30(25)32/h3-4,7-9,12-14,23,26-28H,5-6,11,16-20H2,1-2H3/b4-3+. The van der Waals surface area contributed by atoms with Crippen molar-refractivity contribution >= 4 is 0 Å². The Kier molecular flexibility index (Phi) is 7.46. The van der Waals surface area contributed by atoms with Gasteiger partial charge >= 0.3 is 0 Å². The van der Waals surface area contributed by atoms with Gasteiger partial charge < -0.3 is 0 Å². The van der Waals surface area contributed by atoms with E-state index in [2.05, 4.69) is 43.0 Å². The fourth-order valence-corrected chi connectivity index (χ4v) is 5.77. The number of hydrogen-bond donors (Lipinski definition) is 0. The van der Waals surface area contributed by atoms with E-state index in [0.717, 1.165) is 23.3 Å². The highest BCUT2D eigenvalue weighted by molar-refractivity contribution is 5.45. The fraction of sp³-hybridized carbons (Fsp3) is 0.467. The summed E-state index contributed by atoms with van der Waals surface area (Å²) in [4.78, 5) is 0. The zero-order chi connectivity index (χ0) is 22.5. The first-order valence-electron chi connectivity index (χ1n) is 12.2. The van der Waals surface area contributed by atoms with Gasteiger partial charge in [-0.05, 0) is 112 Å². The topological polar surface area (TPSA) is 0 Å². The predicted molar refractivity (Wildman–Crippen MR) is 128 cm³/mol. The van der Waals surface area contributed by atoms with Crippen molar-refractivity contribution in [2.24, 2.45) is 17.8 Å². The molecule has 0 spiro atoms. The molecule has 0 nitrogen and oxygen atoms in total. The van der Waals surface area contributed by atoms with Crippen molar-refractivity contribution in [3.8, 4) is 11.8 Å². The van der Waals surface area contributed by atoms with Crippen molar-refractivity contribution in [3.05, 3.63) is 82.4 Å². The van der Waals surface area contributed by atoms with Gasteiger partial charge in [0, 0.05) is 5.56 Å². The zero-order valence-corrected chi connectivity index (χ0v) is 19.3. The molecule has 0 aliphatic heterocycles. The number of halogens is 2. The van der Waals surface area contributed by atoms with Crippen LogP contribution in [0.5, 0.6) is 0 Å². The van der Waals surface area contributed by atoms with Crippen molar-refractivity contribution in [1.82, 2.24) is 0 Å². The molecule has 168 valence electrons. The highest BCUT2D eigenvalue weighted by atomic mass is 19.2. The lowest BCUT2D eigenvalue weighted by atomic mass is 9.63. The van der Waals surface area contributed by atoms with E-state index in [0.29, 0.717) is 11.5 Å². The predicted octanol–water partition coefficient (Wildman–Crippen LogP) is 8.33. The Bertz CT molecular complexity index is 1010. The Balaban J connectivity index is 1.35. The van der Waals surface area contributed by atoms with Gasteiger partial charge in [0.25, 0.3) is 0 Å². The van der Waals surface area contributed by atoms with Crippen LogP contribution in [0.2, 0.25) is 0 Å². The second kappa shape index (κ2) is 10.5. The molecule has 0 radical (unpaired) electrons. The molecule has 4 atom stereocenters. The Labute approximate surface area is 192 Å². The van der Waals surface area contributed by atoms with Gasteiger partial charge in [-0.3, -0.25) is 0 Å². The van der Waals surface area contributed by atoms with E-state index in [4.69, 9.17) is 0 Å². The van der Waals surface area contributed by atoms with E-state index < -0.39 is 11.6 Å². The van der Waals surface area contributed by atoms with Gasteiger partial charge in [-0.1, -0.05) is 48.6 Å². The molecule has 2 aromatic carbocycles. The number of fused-ring (bicyclic) bond motifs is 1. The van der Waals surface area contributed by atoms with Gasteiger partial charge in [-0.25, -0.2) is 8.78 Å². The molecule has 0 amide bonds. The van der Waals surface area contributed by atoms with E-state index in [1.807, 2.05) is 12.1 Å². The second-order valence-electron chi connectivity index (χ2n) is 9.79. The van der Waals surface area contributed by atoms with Crippen LogP contribution in [0.4, 0.5) is 8.78 Å². The molecule has 4 rings (SSSR count). The summed E-state index contributed by atoms with van der Waals surface area (Å²) in [5.74, 6) is 7.47. The van der Waals surface area contributed by atoms with Gasteiger partial charge in [-0.2, -0.15) is 0 Å². The summed E-state index contributed by atoms with van der Waals surface area (Å²) in [5.41, 5.74) is 2.65. The normalized spacial score (nSPS) is 25.2. The largest absolute Gasteiger partial charge is 0.203 e. The van der Waals surface area contributed by atoms with Crippen molar-refractivity contribution in [1.29, 1.82) is 0 Å². The second-order valence-corrected chi connectivity index (χ2v) is 9.79. The summed E-state index contributed by atoms with van der Waals surface area (Å²) < 4.78 is 27.8. The molecule has 0 bridgehead atoms. The maximum absolute atomic E-state index is 14.0. The highest BCUT2D eigenvalue weighted by Crippen LogP contribution is 2.48. The minimum atomic E-state index is -0.859. The number of allylic oxidation sites excluding steroid dienone is 2. The third-order valence-corrected chi connectivity index (χ3v) is 7.70.